The molecule has 4 aromatic rings. The Kier molecular flexibility index (Phi) is 5.06. The van der Waals surface area contributed by atoms with Crippen molar-refractivity contribution in [1.29, 1.82) is 0 Å². The van der Waals surface area contributed by atoms with E-state index in [1.807, 2.05) is 48.2 Å². The van der Waals surface area contributed by atoms with Gasteiger partial charge in [-0.1, -0.05) is 12.1 Å². The number of nitrogens with zero attached hydrogens (tertiary/aromatic N) is 4. The number of carbonyl (C=O) groups excluding carboxylic acids is 1. The van der Waals surface area contributed by atoms with Crippen LogP contribution < -0.4 is 5.56 Å². The number of likely N-dealkylation sites (tertiary alicyclic amines) is 1. The Morgan fingerprint density at radius 3 is 2.77 bits per heavy atom. The van der Waals surface area contributed by atoms with Gasteiger partial charge in [0.05, 0.1) is 27.3 Å². The Morgan fingerprint density at radius 1 is 1.13 bits per heavy atom. The molecule has 2 aromatic heterocycles. The second kappa shape index (κ2) is 7.89. The lowest BCUT2D eigenvalue weighted by atomic mass is 10.0. The van der Waals surface area contributed by atoms with Crippen molar-refractivity contribution in [2.24, 2.45) is 0 Å². The predicted molar refractivity (Wildman–Crippen MR) is 124 cm³/mol. The van der Waals surface area contributed by atoms with Crippen molar-refractivity contribution in [3.63, 3.8) is 0 Å². The zero-order chi connectivity index (χ0) is 21.5. The van der Waals surface area contributed by atoms with Crippen molar-refractivity contribution < 1.29 is 4.79 Å². The average Bonchev–Trinajstić information content (AvgIpc) is 3.23. The van der Waals surface area contributed by atoms with Gasteiger partial charge in [0.2, 0.25) is 0 Å². The van der Waals surface area contributed by atoms with Gasteiger partial charge in [-0.15, -0.1) is 11.3 Å². The number of thiazole rings is 1. The zero-order valence-corrected chi connectivity index (χ0v) is 18.5. The highest BCUT2D eigenvalue weighted by Crippen LogP contribution is 2.36. The standard InChI is InChI=1S/C24H24N4O2S/c1-3-27-19-12-11-16(14-18(19)25-15(2)23(27)29)24(30)28-13-7-6-9-20(28)22-26-17-8-4-5-10-21(17)31-22/h4-5,8,10-12,14,20H,3,6-7,9,13H2,1-2H3/t20-/m0/s1. The number of para-hydroxylation sites is 1. The quantitative estimate of drug-likeness (QED) is 0.470. The summed E-state index contributed by atoms with van der Waals surface area (Å²) in [6.07, 6.45) is 3.00. The third-order valence-corrected chi connectivity index (χ3v) is 7.17. The summed E-state index contributed by atoms with van der Waals surface area (Å²) in [5.74, 6) is -0.000410. The fourth-order valence-electron chi connectivity index (χ4n) is 4.45. The van der Waals surface area contributed by atoms with Gasteiger partial charge in [-0.3, -0.25) is 9.59 Å². The first kappa shape index (κ1) is 19.9. The number of hydrogen-bond donors (Lipinski definition) is 0. The molecule has 1 aliphatic rings. The van der Waals surface area contributed by atoms with E-state index in [9.17, 15) is 9.59 Å². The van der Waals surface area contributed by atoms with Crippen LogP contribution in [-0.2, 0) is 6.54 Å². The lowest BCUT2D eigenvalue weighted by molar-refractivity contribution is 0.0611. The minimum absolute atomic E-state index is 0.000410. The van der Waals surface area contributed by atoms with Gasteiger partial charge in [-0.2, -0.15) is 0 Å². The molecule has 7 heteroatoms. The van der Waals surface area contributed by atoms with E-state index in [1.54, 1.807) is 22.8 Å². The highest BCUT2D eigenvalue weighted by atomic mass is 32.1. The number of benzene rings is 2. The Hall–Kier alpha value is -3.06. The monoisotopic (exact) mass is 432 g/mol. The number of piperidine rings is 1. The van der Waals surface area contributed by atoms with Crippen LogP contribution in [0.3, 0.4) is 0 Å². The van der Waals surface area contributed by atoms with Crippen molar-refractivity contribution in [1.82, 2.24) is 19.4 Å². The molecule has 1 atom stereocenters. The molecule has 0 unspecified atom stereocenters. The molecule has 1 amide bonds. The molecule has 0 radical (unpaired) electrons. The number of amides is 1. The van der Waals surface area contributed by atoms with Crippen molar-refractivity contribution in [3.8, 4) is 0 Å². The first-order valence-corrected chi connectivity index (χ1v) is 11.6. The lowest BCUT2D eigenvalue weighted by Gasteiger charge is -2.34. The SMILES string of the molecule is CCn1c(=O)c(C)nc2cc(C(=O)N3CCCC[C@H]3c3nc4ccccc4s3)ccc21. The molecule has 0 spiro atoms. The number of aromatic nitrogens is 3. The van der Waals surface area contributed by atoms with Gasteiger partial charge in [0.25, 0.3) is 11.5 Å². The van der Waals surface area contributed by atoms with E-state index in [-0.39, 0.29) is 17.5 Å². The predicted octanol–water partition coefficient (Wildman–Crippen LogP) is 4.70. The molecule has 0 aliphatic carbocycles. The summed E-state index contributed by atoms with van der Waals surface area (Å²) in [6.45, 7) is 4.95. The smallest absolute Gasteiger partial charge is 0.272 e. The maximum absolute atomic E-state index is 13.6. The number of hydrogen-bond acceptors (Lipinski definition) is 5. The van der Waals surface area contributed by atoms with Gasteiger partial charge in [0.15, 0.2) is 0 Å². The van der Waals surface area contributed by atoms with Gasteiger partial charge in [0.1, 0.15) is 10.7 Å². The molecule has 158 valence electrons. The van der Waals surface area contributed by atoms with Crippen LogP contribution in [0.4, 0.5) is 0 Å². The van der Waals surface area contributed by atoms with Crippen LogP contribution in [-0.4, -0.2) is 31.9 Å². The second-order valence-corrected chi connectivity index (χ2v) is 9.04. The third kappa shape index (κ3) is 3.43. The molecule has 3 heterocycles. The van der Waals surface area contributed by atoms with Gasteiger partial charge in [-0.05, 0) is 63.4 Å². The molecular weight excluding hydrogens is 408 g/mol. The lowest BCUT2D eigenvalue weighted by Crippen LogP contribution is -2.38. The number of fused-ring (bicyclic) bond motifs is 2. The van der Waals surface area contributed by atoms with E-state index in [0.29, 0.717) is 23.3 Å². The first-order valence-electron chi connectivity index (χ1n) is 10.7. The summed E-state index contributed by atoms with van der Waals surface area (Å²) in [5, 5.41) is 1.00. The first-order chi connectivity index (χ1) is 15.1. The highest BCUT2D eigenvalue weighted by Gasteiger charge is 2.31. The summed E-state index contributed by atoms with van der Waals surface area (Å²) >= 11 is 1.68. The van der Waals surface area contributed by atoms with Crippen LogP contribution in [0, 0.1) is 6.92 Å². The Bertz CT molecular complexity index is 1320. The molecule has 5 rings (SSSR count). The summed E-state index contributed by atoms with van der Waals surface area (Å²) < 4.78 is 2.86. The molecule has 0 N–H and O–H groups in total. The third-order valence-electron chi connectivity index (χ3n) is 6.03. The van der Waals surface area contributed by atoms with Crippen LogP contribution in [0.2, 0.25) is 0 Å². The van der Waals surface area contributed by atoms with Crippen LogP contribution >= 0.6 is 11.3 Å². The molecule has 31 heavy (non-hydrogen) atoms. The topological polar surface area (TPSA) is 68.1 Å². The Balaban J connectivity index is 1.53. The van der Waals surface area contributed by atoms with Gasteiger partial charge in [-0.25, -0.2) is 9.97 Å². The molecule has 1 aliphatic heterocycles. The summed E-state index contributed by atoms with van der Waals surface area (Å²) in [5.41, 5.74) is 3.40. The largest absolute Gasteiger partial charge is 0.329 e. The number of aryl methyl sites for hydroxylation is 2. The van der Waals surface area contributed by atoms with E-state index < -0.39 is 0 Å². The number of carbonyl (C=O) groups is 1. The summed E-state index contributed by atoms with van der Waals surface area (Å²) in [6, 6.07) is 13.6. The molecule has 1 fully saturated rings. The molecule has 1 saturated heterocycles. The zero-order valence-electron chi connectivity index (χ0n) is 17.7. The van der Waals surface area contributed by atoms with Gasteiger partial charge < -0.3 is 9.47 Å². The van der Waals surface area contributed by atoms with E-state index >= 15 is 0 Å². The fraction of sp³-hybridized carbons (Fsp3) is 0.333. The molecule has 0 saturated carbocycles. The van der Waals surface area contributed by atoms with E-state index in [1.165, 1.54) is 0 Å². The van der Waals surface area contributed by atoms with Crippen molar-refractivity contribution in [2.75, 3.05) is 6.54 Å². The average molecular weight is 433 g/mol. The van der Waals surface area contributed by atoms with E-state index in [0.717, 1.165) is 46.5 Å². The minimum Gasteiger partial charge on any atom is -0.329 e. The molecule has 6 nitrogen and oxygen atoms in total. The van der Waals surface area contributed by atoms with Gasteiger partial charge in [0, 0.05) is 18.7 Å². The molecular formula is C24H24N4O2S. The van der Waals surface area contributed by atoms with E-state index in [2.05, 4.69) is 11.1 Å². The number of rotatable bonds is 3. The summed E-state index contributed by atoms with van der Waals surface area (Å²) in [4.78, 5) is 37.2. The normalized spacial score (nSPS) is 16.8. The molecule has 0 bridgehead atoms. The van der Waals surface area contributed by atoms with Crippen molar-refractivity contribution in [2.45, 2.75) is 45.7 Å². The van der Waals surface area contributed by atoms with Crippen LogP contribution in [0.1, 0.15) is 53.3 Å². The van der Waals surface area contributed by atoms with Crippen molar-refractivity contribution >= 4 is 38.5 Å². The highest BCUT2D eigenvalue weighted by molar-refractivity contribution is 7.18. The maximum Gasteiger partial charge on any atom is 0.272 e. The fourth-order valence-corrected chi connectivity index (χ4v) is 5.57. The Morgan fingerprint density at radius 2 is 1.97 bits per heavy atom. The second-order valence-electron chi connectivity index (χ2n) is 7.98. The van der Waals surface area contributed by atoms with Gasteiger partial charge >= 0.3 is 0 Å². The maximum atomic E-state index is 13.6. The summed E-state index contributed by atoms with van der Waals surface area (Å²) in [7, 11) is 0. The van der Waals surface area contributed by atoms with Crippen molar-refractivity contribution in [3.05, 3.63) is 69.1 Å². The van der Waals surface area contributed by atoms with E-state index in [4.69, 9.17) is 4.98 Å². The minimum atomic E-state index is -0.0824. The van der Waals surface area contributed by atoms with Crippen LogP contribution in [0.15, 0.2) is 47.3 Å². The Labute approximate surface area is 184 Å². The van der Waals surface area contributed by atoms with Crippen LogP contribution in [0.25, 0.3) is 21.3 Å². The molecule has 2 aromatic carbocycles. The van der Waals surface area contributed by atoms with Crippen LogP contribution in [0.5, 0.6) is 0 Å².